The van der Waals surface area contributed by atoms with Crippen LogP contribution in [0.25, 0.3) is 0 Å². The molecule has 0 saturated carbocycles. The highest BCUT2D eigenvalue weighted by molar-refractivity contribution is 6.18. The van der Waals surface area contributed by atoms with Crippen LogP contribution in [0.4, 0.5) is 0 Å². The zero-order valence-electron chi connectivity index (χ0n) is 10.9. The predicted molar refractivity (Wildman–Crippen MR) is 70.7 cm³/mol. The SMILES string of the molecule is CCCCCCC(C(=O)O)N1CC(CCl)CC1=O. The van der Waals surface area contributed by atoms with E-state index in [0.717, 1.165) is 25.7 Å². The molecule has 0 aromatic rings. The Labute approximate surface area is 113 Å². The lowest BCUT2D eigenvalue weighted by atomic mass is 10.1. The Kier molecular flexibility index (Phi) is 6.47. The van der Waals surface area contributed by atoms with Crippen molar-refractivity contribution >= 4 is 23.5 Å². The molecule has 1 aliphatic rings. The maximum Gasteiger partial charge on any atom is 0.326 e. The fourth-order valence-electron chi connectivity index (χ4n) is 2.39. The maximum absolute atomic E-state index is 11.8. The van der Waals surface area contributed by atoms with Gasteiger partial charge >= 0.3 is 5.97 Å². The van der Waals surface area contributed by atoms with Gasteiger partial charge in [0.2, 0.25) is 5.91 Å². The first kappa shape index (κ1) is 15.3. The molecule has 1 amide bonds. The first-order valence-corrected chi connectivity index (χ1v) is 7.21. The van der Waals surface area contributed by atoms with Crippen LogP contribution in [0.3, 0.4) is 0 Å². The van der Waals surface area contributed by atoms with Gasteiger partial charge in [-0.3, -0.25) is 4.79 Å². The van der Waals surface area contributed by atoms with E-state index >= 15 is 0 Å². The Morgan fingerprint density at radius 1 is 1.50 bits per heavy atom. The average molecular weight is 276 g/mol. The van der Waals surface area contributed by atoms with Crippen molar-refractivity contribution in [3.63, 3.8) is 0 Å². The Morgan fingerprint density at radius 2 is 2.22 bits per heavy atom. The number of carbonyl (C=O) groups is 2. The number of carbonyl (C=O) groups excluding carboxylic acids is 1. The van der Waals surface area contributed by atoms with Crippen molar-refractivity contribution in [1.29, 1.82) is 0 Å². The number of nitrogens with zero attached hydrogens (tertiary/aromatic N) is 1. The first-order valence-electron chi connectivity index (χ1n) is 6.68. The van der Waals surface area contributed by atoms with Gasteiger partial charge in [0, 0.05) is 18.8 Å². The minimum Gasteiger partial charge on any atom is -0.480 e. The van der Waals surface area contributed by atoms with E-state index in [-0.39, 0.29) is 11.8 Å². The van der Waals surface area contributed by atoms with Crippen molar-refractivity contribution in [3.05, 3.63) is 0 Å². The minimum atomic E-state index is -0.893. The third-order valence-corrected chi connectivity index (χ3v) is 3.89. The molecule has 1 aliphatic heterocycles. The van der Waals surface area contributed by atoms with E-state index < -0.39 is 12.0 Å². The second-order valence-electron chi connectivity index (χ2n) is 4.97. The Balaban J connectivity index is 2.51. The maximum atomic E-state index is 11.8. The van der Waals surface area contributed by atoms with E-state index in [0.29, 0.717) is 25.3 Å². The molecule has 5 heteroatoms. The molecule has 1 saturated heterocycles. The van der Waals surface area contributed by atoms with Gasteiger partial charge in [-0.2, -0.15) is 0 Å². The fraction of sp³-hybridized carbons (Fsp3) is 0.846. The zero-order valence-corrected chi connectivity index (χ0v) is 11.7. The number of alkyl halides is 1. The highest BCUT2D eigenvalue weighted by atomic mass is 35.5. The summed E-state index contributed by atoms with van der Waals surface area (Å²) in [7, 11) is 0. The molecule has 1 rings (SSSR count). The van der Waals surface area contributed by atoms with E-state index in [1.807, 2.05) is 0 Å². The largest absolute Gasteiger partial charge is 0.480 e. The summed E-state index contributed by atoms with van der Waals surface area (Å²) in [4.78, 5) is 24.5. The molecule has 0 bridgehead atoms. The number of likely N-dealkylation sites (tertiary alicyclic amines) is 1. The van der Waals surface area contributed by atoms with Crippen molar-refractivity contribution in [3.8, 4) is 0 Å². The highest BCUT2D eigenvalue weighted by Crippen LogP contribution is 2.23. The molecule has 1 N–H and O–H groups in total. The van der Waals surface area contributed by atoms with E-state index in [1.165, 1.54) is 4.90 Å². The molecule has 0 aromatic heterocycles. The summed E-state index contributed by atoms with van der Waals surface area (Å²) in [5.74, 6) is -0.431. The summed E-state index contributed by atoms with van der Waals surface area (Å²) in [6, 6.07) is -0.664. The molecule has 0 aromatic carbocycles. The number of rotatable bonds is 8. The van der Waals surface area contributed by atoms with Gasteiger partial charge in [0.05, 0.1) is 0 Å². The zero-order chi connectivity index (χ0) is 13.5. The second kappa shape index (κ2) is 7.62. The fourth-order valence-corrected chi connectivity index (χ4v) is 2.60. The Hall–Kier alpha value is -0.770. The minimum absolute atomic E-state index is 0.0662. The summed E-state index contributed by atoms with van der Waals surface area (Å²) < 4.78 is 0. The van der Waals surface area contributed by atoms with Crippen LogP contribution in [0.2, 0.25) is 0 Å². The number of hydrogen-bond acceptors (Lipinski definition) is 2. The van der Waals surface area contributed by atoms with Crippen LogP contribution in [-0.2, 0) is 9.59 Å². The molecule has 1 heterocycles. The molecular weight excluding hydrogens is 254 g/mol. The summed E-state index contributed by atoms with van der Waals surface area (Å²) in [6.45, 7) is 2.61. The van der Waals surface area contributed by atoms with E-state index in [4.69, 9.17) is 11.6 Å². The summed E-state index contributed by atoms with van der Waals surface area (Å²) >= 11 is 5.74. The van der Waals surface area contributed by atoms with Crippen LogP contribution in [0, 0.1) is 5.92 Å². The number of carboxylic acids is 1. The molecule has 0 radical (unpaired) electrons. The van der Waals surface area contributed by atoms with Crippen molar-refractivity contribution in [2.75, 3.05) is 12.4 Å². The van der Waals surface area contributed by atoms with E-state index in [9.17, 15) is 14.7 Å². The predicted octanol–water partition coefficient (Wildman–Crippen LogP) is 2.50. The van der Waals surface area contributed by atoms with Crippen molar-refractivity contribution in [1.82, 2.24) is 4.90 Å². The van der Waals surface area contributed by atoms with Crippen LogP contribution >= 0.6 is 11.6 Å². The van der Waals surface area contributed by atoms with Gasteiger partial charge in [0.1, 0.15) is 6.04 Å². The molecule has 104 valence electrons. The molecular formula is C13H22ClNO3. The number of hydrogen-bond donors (Lipinski definition) is 1. The Morgan fingerprint density at radius 3 is 2.72 bits per heavy atom. The quantitative estimate of drug-likeness (QED) is 0.547. The van der Waals surface area contributed by atoms with Gasteiger partial charge in [-0.05, 0) is 12.3 Å². The smallest absolute Gasteiger partial charge is 0.326 e. The van der Waals surface area contributed by atoms with Gasteiger partial charge < -0.3 is 10.0 Å². The number of carboxylic acid groups (broad SMARTS) is 1. The van der Waals surface area contributed by atoms with Crippen molar-refractivity contribution in [2.24, 2.45) is 5.92 Å². The molecule has 1 fully saturated rings. The van der Waals surface area contributed by atoms with Crippen LogP contribution in [0.5, 0.6) is 0 Å². The van der Waals surface area contributed by atoms with E-state index in [1.54, 1.807) is 0 Å². The van der Waals surface area contributed by atoms with E-state index in [2.05, 4.69) is 6.92 Å². The first-order chi connectivity index (χ1) is 8.60. The topological polar surface area (TPSA) is 57.6 Å². The highest BCUT2D eigenvalue weighted by Gasteiger charge is 2.36. The third kappa shape index (κ3) is 4.16. The average Bonchev–Trinajstić information content (AvgIpc) is 2.70. The standard InChI is InChI=1S/C13H22ClNO3/c1-2-3-4-5-6-11(13(17)18)15-9-10(8-14)7-12(15)16/h10-11H,2-9H2,1H3,(H,17,18). The van der Waals surface area contributed by atoms with Crippen LogP contribution in [0.15, 0.2) is 0 Å². The van der Waals surface area contributed by atoms with Crippen LogP contribution in [-0.4, -0.2) is 40.3 Å². The second-order valence-corrected chi connectivity index (χ2v) is 5.28. The van der Waals surface area contributed by atoms with Gasteiger partial charge in [-0.15, -0.1) is 11.6 Å². The van der Waals surface area contributed by atoms with Gasteiger partial charge in [0.15, 0.2) is 0 Å². The third-order valence-electron chi connectivity index (χ3n) is 3.45. The molecule has 0 aliphatic carbocycles. The van der Waals surface area contributed by atoms with Crippen molar-refractivity contribution < 1.29 is 14.7 Å². The van der Waals surface area contributed by atoms with Crippen LogP contribution in [0.1, 0.15) is 45.4 Å². The monoisotopic (exact) mass is 275 g/mol. The van der Waals surface area contributed by atoms with Gasteiger partial charge in [-0.1, -0.05) is 32.6 Å². The summed E-state index contributed by atoms with van der Waals surface area (Å²) in [5.41, 5.74) is 0. The number of unbranched alkanes of at least 4 members (excludes halogenated alkanes) is 3. The van der Waals surface area contributed by atoms with Gasteiger partial charge in [0.25, 0.3) is 0 Å². The Bertz CT molecular complexity index is 296. The molecule has 4 nitrogen and oxygen atoms in total. The lowest BCUT2D eigenvalue weighted by Crippen LogP contribution is -2.42. The van der Waals surface area contributed by atoms with Crippen LogP contribution < -0.4 is 0 Å². The van der Waals surface area contributed by atoms with Gasteiger partial charge in [-0.25, -0.2) is 4.79 Å². The number of amides is 1. The molecule has 18 heavy (non-hydrogen) atoms. The normalized spacial score (nSPS) is 21.3. The molecule has 2 atom stereocenters. The number of halogens is 1. The summed E-state index contributed by atoms with van der Waals surface area (Å²) in [6.07, 6.45) is 5.07. The molecule has 2 unspecified atom stereocenters. The molecule has 0 spiro atoms. The lowest BCUT2D eigenvalue weighted by molar-refractivity contribution is -0.148. The summed E-state index contributed by atoms with van der Waals surface area (Å²) in [5, 5.41) is 9.24. The van der Waals surface area contributed by atoms with Crippen molar-refractivity contribution in [2.45, 2.75) is 51.5 Å². The lowest BCUT2D eigenvalue weighted by Gasteiger charge is -2.24. The number of aliphatic carboxylic acids is 1.